The number of benzene rings is 2. The number of ether oxygens (including phenoxy) is 1. The predicted octanol–water partition coefficient (Wildman–Crippen LogP) is 3.95. The second kappa shape index (κ2) is 6.60. The van der Waals surface area contributed by atoms with Gasteiger partial charge in [-0.05, 0) is 17.5 Å². The van der Waals surface area contributed by atoms with E-state index in [1.165, 1.54) is 0 Å². The van der Waals surface area contributed by atoms with Crippen molar-refractivity contribution in [2.75, 3.05) is 0 Å². The van der Waals surface area contributed by atoms with E-state index in [0.29, 0.717) is 5.56 Å². The molecular weight excluding hydrogens is 300 g/mol. The van der Waals surface area contributed by atoms with E-state index in [4.69, 9.17) is 0 Å². The number of hydrogen-bond acceptors (Lipinski definition) is 2. The van der Waals surface area contributed by atoms with E-state index >= 15 is 0 Å². The maximum atomic E-state index is 13.4. The van der Waals surface area contributed by atoms with Crippen LogP contribution in [0.1, 0.15) is 18.1 Å². The minimum atomic E-state index is -1.74. The van der Waals surface area contributed by atoms with E-state index in [-0.39, 0.29) is 12.5 Å². The molecule has 0 bridgehead atoms. The zero-order valence-corrected chi connectivity index (χ0v) is 11.6. The molecule has 0 amide bonds. The molecule has 0 saturated heterocycles. The van der Waals surface area contributed by atoms with Gasteiger partial charge in [-0.3, -0.25) is 4.79 Å². The minimum absolute atomic E-state index is 0.0471. The van der Waals surface area contributed by atoms with E-state index in [9.17, 15) is 22.4 Å². The van der Waals surface area contributed by atoms with Gasteiger partial charge < -0.3 is 4.74 Å². The van der Waals surface area contributed by atoms with Gasteiger partial charge in [0.2, 0.25) is 17.4 Å². The third-order valence-electron chi connectivity index (χ3n) is 3.07. The van der Waals surface area contributed by atoms with Crippen LogP contribution >= 0.6 is 0 Å². The molecule has 116 valence electrons. The summed E-state index contributed by atoms with van der Waals surface area (Å²) in [4.78, 5) is 11.7. The fraction of sp³-hybridized carbons (Fsp3) is 0.188. The molecule has 2 aromatic rings. The highest BCUT2D eigenvalue weighted by molar-refractivity contribution is 5.75. The number of carbonyl (C=O) groups is 1. The molecule has 0 atom stereocenters. The van der Waals surface area contributed by atoms with Crippen LogP contribution in [0.3, 0.4) is 0 Å². The first-order valence-corrected chi connectivity index (χ1v) is 6.53. The number of aryl methyl sites for hydroxylation is 1. The Morgan fingerprint density at radius 2 is 1.45 bits per heavy atom. The van der Waals surface area contributed by atoms with Crippen molar-refractivity contribution in [2.24, 2.45) is 0 Å². The Morgan fingerprint density at radius 1 is 0.955 bits per heavy atom. The fourth-order valence-electron chi connectivity index (χ4n) is 1.85. The number of halogens is 4. The molecule has 0 aliphatic heterocycles. The van der Waals surface area contributed by atoms with Gasteiger partial charge in [-0.1, -0.05) is 31.2 Å². The van der Waals surface area contributed by atoms with Gasteiger partial charge in [-0.15, -0.1) is 0 Å². The van der Waals surface area contributed by atoms with Crippen molar-refractivity contribution in [2.45, 2.75) is 19.8 Å². The summed E-state index contributed by atoms with van der Waals surface area (Å²) in [6, 6.07) is 6.97. The summed E-state index contributed by atoms with van der Waals surface area (Å²) < 4.78 is 57.2. The van der Waals surface area contributed by atoms with Gasteiger partial charge in [0, 0.05) is 6.07 Å². The van der Waals surface area contributed by atoms with Crippen LogP contribution in [0.25, 0.3) is 0 Å². The normalized spacial score (nSPS) is 10.6. The summed E-state index contributed by atoms with van der Waals surface area (Å²) in [5.41, 5.74) is 1.61. The largest absolute Gasteiger partial charge is 0.420 e. The fourth-order valence-corrected chi connectivity index (χ4v) is 1.85. The van der Waals surface area contributed by atoms with Crippen LogP contribution in [0.2, 0.25) is 0 Å². The van der Waals surface area contributed by atoms with Crippen molar-refractivity contribution in [3.63, 3.8) is 0 Å². The van der Waals surface area contributed by atoms with Crippen LogP contribution in [-0.4, -0.2) is 5.97 Å². The highest BCUT2D eigenvalue weighted by Crippen LogP contribution is 2.26. The van der Waals surface area contributed by atoms with E-state index in [1.54, 1.807) is 24.3 Å². The Morgan fingerprint density at radius 3 is 1.95 bits per heavy atom. The Balaban J connectivity index is 2.15. The van der Waals surface area contributed by atoms with Crippen molar-refractivity contribution >= 4 is 5.97 Å². The Kier molecular flexibility index (Phi) is 4.80. The van der Waals surface area contributed by atoms with Crippen molar-refractivity contribution in [3.8, 4) is 5.75 Å². The Labute approximate surface area is 124 Å². The lowest BCUT2D eigenvalue weighted by Gasteiger charge is -2.08. The summed E-state index contributed by atoms with van der Waals surface area (Å²) >= 11 is 0. The SMILES string of the molecule is CCc1ccc(CC(=O)Oc2c(F)c(F)cc(F)c2F)cc1. The van der Waals surface area contributed by atoms with Crippen LogP contribution in [0, 0.1) is 23.3 Å². The number of esters is 1. The highest BCUT2D eigenvalue weighted by atomic mass is 19.2. The zero-order chi connectivity index (χ0) is 16.3. The van der Waals surface area contributed by atoms with Gasteiger partial charge in [0.15, 0.2) is 11.6 Å². The molecule has 0 fully saturated rings. The standard InChI is InChI=1S/C16H12F4O2/c1-2-9-3-5-10(6-4-9)7-13(21)22-16-14(19)11(17)8-12(18)15(16)20/h3-6,8H,2,7H2,1H3. The van der Waals surface area contributed by atoms with Crippen LogP contribution in [-0.2, 0) is 17.6 Å². The third-order valence-corrected chi connectivity index (χ3v) is 3.07. The van der Waals surface area contributed by atoms with Gasteiger partial charge in [0.25, 0.3) is 0 Å². The number of rotatable bonds is 4. The molecule has 0 spiro atoms. The van der Waals surface area contributed by atoms with Gasteiger partial charge >= 0.3 is 5.97 Å². The lowest BCUT2D eigenvalue weighted by atomic mass is 10.1. The van der Waals surface area contributed by atoms with Crippen molar-refractivity contribution in [1.29, 1.82) is 0 Å². The molecule has 0 aromatic heterocycles. The monoisotopic (exact) mass is 312 g/mol. The smallest absolute Gasteiger partial charge is 0.315 e. The molecule has 0 unspecified atom stereocenters. The quantitative estimate of drug-likeness (QED) is 0.370. The van der Waals surface area contributed by atoms with E-state index in [1.807, 2.05) is 6.92 Å². The molecule has 0 aliphatic rings. The maximum absolute atomic E-state index is 13.4. The van der Waals surface area contributed by atoms with Crippen molar-refractivity contribution in [1.82, 2.24) is 0 Å². The van der Waals surface area contributed by atoms with E-state index < -0.39 is 35.0 Å². The Bertz CT molecular complexity index is 670. The average molecular weight is 312 g/mol. The van der Waals surface area contributed by atoms with Crippen molar-refractivity contribution in [3.05, 3.63) is 64.7 Å². The molecule has 2 aromatic carbocycles. The highest BCUT2D eigenvalue weighted by Gasteiger charge is 2.23. The summed E-state index contributed by atoms with van der Waals surface area (Å²) in [5.74, 6) is -9.13. The first-order chi connectivity index (χ1) is 10.4. The third kappa shape index (κ3) is 3.44. The molecule has 0 radical (unpaired) electrons. The summed E-state index contributed by atoms with van der Waals surface area (Å²) in [6.07, 6.45) is 0.546. The van der Waals surface area contributed by atoms with E-state index in [2.05, 4.69) is 4.74 Å². The molecule has 0 heterocycles. The van der Waals surface area contributed by atoms with Gasteiger partial charge in [-0.2, -0.15) is 8.78 Å². The van der Waals surface area contributed by atoms with Crippen LogP contribution in [0.15, 0.2) is 30.3 Å². The first-order valence-electron chi connectivity index (χ1n) is 6.53. The minimum Gasteiger partial charge on any atom is -0.420 e. The second-order valence-corrected chi connectivity index (χ2v) is 4.62. The van der Waals surface area contributed by atoms with Crippen molar-refractivity contribution < 1.29 is 27.1 Å². The van der Waals surface area contributed by atoms with Crippen LogP contribution < -0.4 is 4.74 Å². The molecule has 0 N–H and O–H groups in total. The van der Waals surface area contributed by atoms with Gasteiger partial charge in [-0.25, -0.2) is 8.78 Å². The summed E-state index contributed by atoms with van der Waals surface area (Å²) in [7, 11) is 0. The molecule has 6 heteroatoms. The maximum Gasteiger partial charge on any atom is 0.315 e. The first kappa shape index (κ1) is 16.0. The van der Waals surface area contributed by atoms with Gasteiger partial charge in [0.05, 0.1) is 6.42 Å². The molecular formula is C16H12F4O2. The molecule has 0 saturated carbocycles. The summed E-state index contributed by atoms with van der Waals surface area (Å²) in [5, 5.41) is 0. The van der Waals surface area contributed by atoms with E-state index in [0.717, 1.165) is 12.0 Å². The van der Waals surface area contributed by atoms with Gasteiger partial charge in [0.1, 0.15) is 0 Å². The Hall–Kier alpha value is -2.37. The molecule has 0 aliphatic carbocycles. The average Bonchev–Trinajstić information content (AvgIpc) is 2.50. The lowest BCUT2D eigenvalue weighted by molar-refractivity contribution is -0.134. The molecule has 2 nitrogen and oxygen atoms in total. The second-order valence-electron chi connectivity index (χ2n) is 4.62. The zero-order valence-electron chi connectivity index (χ0n) is 11.6. The lowest BCUT2D eigenvalue weighted by Crippen LogP contribution is -2.14. The summed E-state index contributed by atoms with van der Waals surface area (Å²) in [6.45, 7) is 1.97. The number of carbonyl (C=O) groups excluding carboxylic acids is 1. The number of hydrogen-bond donors (Lipinski definition) is 0. The molecule has 22 heavy (non-hydrogen) atoms. The molecule has 2 rings (SSSR count). The van der Waals surface area contributed by atoms with Crippen LogP contribution in [0.4, 0.5) is 17.6 Å². The van der Waals surface area contributed by atoms with Crippen LogP contribution in [0.5, 0.6) is 5.75 Å². The predicted molar refractivity (Wildman–Crippen MR) is 71.4 cm³/mol. The topological polar surface area (TPSA) is 26.3 Å².